The summed E-state index contributed by atoms with van der Waals surface area (Å²) in [7, 11) is 0. The molecule has 0 saturated carbocycles. The fraction of sp³-hybridized carbons (Fsp3) is 1.00. The molecule has 0 unspecified atom stereocenters. The lowest BCUT2D eigenvalue weighted by molar-refractivity contribution is 0.564. The monoisotopic (exact) mass is 238 g/mol. The molecular formula is C12H24Cl2. The summed E-state index contributed by atoms with van der Waals surface area (Å²) < 4.78 is 0. The third-order valence-corrected chi connectivity index (χ3v) is 3.44. The highest BCUT2D eigenvalue weighted by Gasteiger charge is 2.00. The summed E-state index contributed by atoms with van der Waals surface area (Å²) in [5.41, 5.74) is 0. The lowest BCUT2D eigenvalue weighted by Crippen LogP contribution is -1.99. The normalized spacial score (nSPS) is 13.1. The molecular weight excluding hydrogens is 215 g/mol. The fourth-order valence-corrected chi connectivity index (χ4v) is 1.89. The molecule has 0 aliphatic rings. The molecule has 1 atom stereocenters. The molecule has 0 aromatic rings. The van der Waals surface area contributed by atoms with Crippen molar-refractivity contribution >= 4 is 23.2 Å². The van der Waals surface area contributed by atoms with E-state index in [0.717, 1.165) is 6.42 Å². The van der Waals surface area contributed by atoms with Crippen LogP contribution in [0.1, 0.15) is 64.7 Å². The van der Waals surface area contributed by atoms with Gasteiger partial charge in [-0.25, -0.2) is 0 Å². The Hall–Kier alpha value is 0.580. The molecule has 0 aromatic carbocycles. The zero-order chi connectivity index (χ0) is 10.6. The van der Waals surface area contributed by atoms with Crippen LogP contribution in [0.5, 0.6) is 0 Å². The van der Waals surface area contributed by atoms with Crippen molar-refractivity contribution in [1.82, 2.24) is 0 Å². The SMILES string of the molecule is CCCCCCCCCC[C@@H](Cl)CCl. The largest absolute Gasteiger partial charge is 0.125 e. The van der Waals surface area contributed by atoms with Crippen LogP contribution < -0.4 is 0 Å². The zero-order valence-electron chi connectivity index (χ0n) is 9.40. The molecule has 0 saturated heterocycles. The summed E-state index contributed by atoms with van der Waals surface area (Å²) in [6, 6.07) is 0. The van der Waals surface area contributed by atoms with Crippen molar-refractivity contribution < 1.29 is 0 Å². The quantitative estimate of drug-likeness (QED) is 0.355. The van der Waals surface area contributed by atoms with E-state index < -0.39 is 0 Å². The maximum absolute atomic E-state index is 5.91. The lowest BCUT2D eigenvalue weighted by Gasteiger charge is -2.04. The smallest absolute Gasteiger partial charge is 0.0471 e. The Morgan fingerprint density at radius 3 is 1.86 bits per heavy atom. The van der Waals surface area contributed by atoms with E-state index in [-0.39, 0.29) is 5.38 Å². The van der Waals surface area contributed by atoms with Crippen LogP contribution in [0.4, 0.5) is 0 Å². The molecule has 0 aliphatic heterocycles. The molecule has 2 heteroatoms. The second-order valence-corrected chi connectivity index (χ2v) is 4.94. The van der Waals surface area contributed by atoms with Crippen LogP contribution in [0.25, 0.3) is 0 Å². The van der Waals surface area contributed by atoms with Crippen molar-refractivity contribution in [2.24, 2.45) is 0 Å². The molecule has 0 spiro atoms. The van der Waals surface area contributed by atoms with Crippen molar-refractivity contribution in [3.05, 3.63) is 0 Å². The predicted octanol–water partition coefficient (Wildman–Crippen LogP) is 5.36. The first-order valence-electron chi connectivity index (χ1n) is 6.01. The summed E-state index contributed by atoms with van der Waals surface area (Å²) in [6.07, 6.45) is 12.0. The average molecular weight is 239 g/mol. The van der Waals surface area contributed by atoms with E-state index in [1.54, 1.807) is 0 Å². The second kappa shape index (κ2) is 11.7. The van der Waals surface area contributed by atoms with E-state index in [2.05, 4.69) is 6.92 Å². The predicted molar refractivity (Wildman–Crippen MR) is 67.6 cm³/mol. The minimum atomic E-state index is 0.191. The van der Waals surface area contributed by atoms with Crippen molar-refractivity contribution in [3.8, 4) is 0 Å². The van der Waals surface area contributed by atoms with Gasteiger partial charge in [-0.2, -0.15) is 0 Å². The van der Waals surface area contributed by atoms with Gasteiger partial charge in [-0.05, 0) is 6.42 Å². The summed E-state index contributed by atoms with van der Waals surface area (Å²) in [6.45, 7) is 2.26. The molecule has 0 radical (unpaired) electrons. The molecule has 0 aromatic heterocycles. The van der Waals surface area contributed by atoms with Crippen molar-refractivity contribution in [3.63, 3.8) is 0 Å². The van der Waals surface area contributed by atoms with Crippen LogP contribution in [0.3, 0.4) is 0 Å². The first-order valence-corrected chi connectivity index (χ1v) is 6.98. The van der Waals surface area contributed by atoms with Gasteiger partial charge in [0.15, 0.2) is 0 Å². The summed E-state index contributed by atoms with van der Waals surface area (Å²) in [5.74, 6) is 0.595. The van der Waals surface area contributed by atoms with Gasteiger partial charge < -0.3 is 0 Å². The average Bonchev–Trinajstić information content (AvgIpc) is 2.21. The minimum absolute atomic E-state index is 0.191. The van der Waals surface area contributed by atoms with Crippen molar-refractivity contribution in [1.29, 1.82) is 0 Å². The van der Waals surface area contributed by atoms with E-state index in [1.165, 1.54) is 51.4 Å². The van der Waals surface area contributed by atoms with Crippen LogP contribution in [0.15, 0.2) is 0 Å². The van der Waals surface area contributed by atoms with E-state index in [0.29, 0.717) is 5.88 Å². The summed E-state index contributed by atoms with van der Waals surface area (Å²) >= 11 is 11.5. The van der Waals surface area contributed by atoms with Gasteiger partial charge in [0.05, 0.1) is 0 Å². The van der Waals surface area contributed by atoms with Crippen LogP contribution in [0.2, 0.25) is 0 Å². The van der Waals surface area contributed by atoms with Gasteiger partial charge in [-0.15, -0.1) is 23.2 Å². The number of halogens is 2. The van der Waals surface area contributed by atoms with Crippen LogP contribution >= 0.6 is 23.2 Å². The van der Waals surface area contributed by atoms with Crippen molar-refractivity contribution in [2.75, 3.05) is 5.88 Å². The van der Waals surface area contributed by atoms with Gasteiger partial charge in [0.2, 0.25) is 0 Å². The highest BCUT2D eigenvalue weighted by molar-refractivity contribution is 6.28. The molecule has 0 aliphatic carbocycles. The Balaban J connectivity index is 2.92. The molecule has 0 nitrogen and oxygen atoms in total. The fourth-order valence-electron chi connectivity index (χ4n) is 1.58. The summed E-state index contributed by atoms with van der Waals surface area (Å²) in [5, 5.41) is 0.191. The van der Waals surface area contributed by atoms with Crippen molar-refractivity contribution in [2.45, 2.75) is 70.1 Å². The molecule has 14 heavy (non-hydrogen) atoms. The maximum atomic E-state index is 5.91. The Morgan fingerprint density at radius 2 is 1.36 bits per heavy atom. The van der Waals surface area contributed by atoms with Gasteiger partial charge >= 0.3 is 0 Å². The number of hydrogen-bond acceptors (Lipinski definition) is 0. The Kier molecular flexibility index (Phi) is 12.1. The number of unbranched alkanes of at least 4 members (excludes halogenated alkanes) is 7. The van der Waals surface area contributed by atoms with Gasteiger partial charge in [0.25, 0.3) is 0 Å². The Morgan fingerprint density at radius 1 is 0.857 bits per heavy atom. The van der Waals surface area contributed by atoms with E-state index in [9.17, 15) is 0 Å². The first-order chi connectivity index (χ1) is 6.81. The van der Waals surface area contributed by atoms with Crippen LogP contribution in [-0.4, -0.2) is 11.3 Å². The number of alkyl halides is 2. The van der Waals surface area contributed by atoms with E-state index in [1.807, 2.05) is 0 Å². The Bertz CT molecular complexity index is 104. The van der Waals surface area contributed by atoms with Gasteiger partial charge in [0, 0.05) is 11.3 Å². The highest BCUT2D eigenvalue weighted by Crippen LogP contribution is 2.13. The molecule has 86 valence electrons. The number of rotatable bonds is 10. The third-order valence-electron chi connectivity index (χ3n) is 2.54. The molecule has 0 amide bonds. The molecule has 0 N–H and O–H groups in total. The topological polar surface area (TPSA) is 0 Å². The molecule has 0 bridgehead atoms. The van der Waals surface area contributed by atoms with Crippen LogP contribution in [-0.2, 0) is 0 Å². The molecule has 0 fully saturated rings. The third kappa shape index (κ3) is 10.7. The first kappa shape index (κ1) is 14.6. The van der Waals surface area contributed by atoms with Crippen LogP contribution in [0, 0.1) is 0 Å². The minimum Gasteiger partial charge on any atom is -0.125 e. The Labute approximate surface area is 99.4 Å². The lowest BCUT2D eigenvalue weighted by atomic mass is 10.1. The second-order valence-electron chi connectivity index (χ2n) is 4.02. The van der Waals surface area contributed by atoms with E-state index >= 15 is 0 Å². The maximum Gasteiger partial charge on any atom is 0.0471 e. The molecule has 0 rings (SSSR count). The summed E-state index contributed by atoms with van der Waals surface area (Å²) in [4.78, 5) is 0. The molecule has 0 heterocycles. The zero-order valence-corrected chi connectivity index (χ0v) is 10.9. The number of hydrogen-bond donors (Lipinski definition) is 0. The standard InChI is InChI=1S/C12H24Cl2/c1-2-3-4-5-6-7-8-9-10-12(14)11-13/h12H,2-11H2,1H3/t12-/m1/s1. The van der Waals surface area contributed by atoms with E-state index in [4.69, 9.17) is 23.2 Å². The highest BCUT2D eigenvalue weighted by atomic mass is 35.5. The van der Waals surface area contributed by atoms with Gasteiger partial charge in [-0.1, -0.05) is 58.3 Å². The van der Waals surface area contributed by atoms with Gasteiger partial charge in [-0.3, -0.25) is 0 Å². The van der Waals surface area contributed by atoms with Gasteiger partial charge in [0.1, 0.15) is 0 Å².